The molecule has 6 nitrogen and oxygen atoms in total. The maximum Gasteiger partial charge on any atom is 0.220 e. The van der Waals surface area contributed by atoms with Gasteiger partial charge in [-0.2, -0.15) is 0 Å². The first-order chi connectivity index (χ1) is 12.7. The van der Waals surface area contributed by atoms with E-state index in [1.54, 1.807) is 7.11 Å². The molecular weight excluding hydrogens is 330 g/mol. The van der Waals surface area contributed by atoms with E-state index in [9.17, 15) is 5.11 Å². The zero-order valence-corrected chi connectivity index (χ0v) is 14.9. The van der Waals surface area contributed by atoms with E-state index in [2.05, 4.69) is 27.0 Å². The van der Waals surface area contributed by atoms with Crippen molar-refractivity contribution in [1.82, 2.24) is 4.90 Å². The van der Waals surface area contributed by atoms with Crippen LogP contribution in [-0.4, -0.2) is 54.6 Å². The van der Waals surface area contributed by atoms with Crippen molar-refractivity contribution in [1.29, 1.82) is 0 Å². The van der Waals surface area contributed by atoms with Crippen molar-refractivity contribution < 1.29 is 14.6 Å². The van der Waals surface area contributed by atoms with Crippen molar-refractivity contribution in [3.8, 4) is 11.5 Å². The number of aliphatic imine (C=N–C) groups is 2. The van der Waals surface area contributed by atoms with E-state index in [1.807, 2.05) is 18.4 Å². The number of hydrogen-bond acceptors (Lipinski definition) is 6. The summed E-state index contributed by atoms with van der Waals surface area (Å²) in [6, 6.07) is 4.12. The fourth-order valence-corrected chi connectivity index (χ4v) is 4.70. The first-order valence-electron chi connectivity index (χ1n) is 9.27. The Balaban J connectivity index is 1.64. The molecule has 1 spiro atoms. The van der Waals surface area contributed by atoms with E-state index in [0.717, 1.165) is 49.9 Å². The molecule has 5 rings (SSSR count). The smallest absolute Gasteiger partial charge is 0.220 e. The Bertz CT molecular complexity index is 832. The van der Waals surface area contributed by atoms with Crippen molar-refractivity contribution in [2.75, 3.05) is 20.2 Å². The molecule has 0 bridgehead atoms. The quantitative estimate of drug-likeness (QED) is 0.785. The maximum atomic E-state index is 10.1. The predicted octanol–water partition coefficient (Wildman–Crippen LogP) is 2.05. The van der Waals surface area contributed by atoms with E-state index in [4.69, 9.17) is 9.47 Å². The topological polar surface area (TPSA) is 66.7 Å². The van der Waals surface area contributed by atoms with Gasteiger partial charge in [0.25, 0.3) is 0 Å². The molecule has 0 radical (unpaired) electrons. The second-order valence-corrected chi connectivity index (χ2v) is 7.39. The Labute approximate surface area is 152 Å². The van der Waals surface area contributed by atoms with Crippen LogP contribution in [-0.2, 0) is 12.0 Å². The van der Waals surface area contributed by atoms with E-state index >= 15 is 0 Å². The number of aliphatic hydroxyl groups is 1. The Morgan fingerprint density at radius 2 is 2.31 bits per heavy atom. The van der Waals surface area contributed by atoms with Crippen LogP contribution < -0.4 is 9.47 Å². The fraction of sp³-hybridized carbons (Fsp3) is 0.500. The van der Waals surface area contributed by atoms with Gasteiger partial charge in [-0.15, -0.1) is 0 Å². The lowest BCUT2D eigenvalue weighted by atomic mass is 9.69. The van der Waals surface area contributed by atoms with Crippen LogP contribution in [0.3, 0.4) is 0 Å². The largest absolute Gasteiger partial charge is 0.493 e. The van der Waals surface area contributed by atoms with E-state index < -0.39 is 6.10 Å². The molecule has 136 valence electrons. The molecule has 26 heavy (non-hydrogen) atoms. The summed E-state index contributed by atoms with van der Waals surface area (Å²) < 4.78 is 11.9. The Hall–Kier alpha value is -2.34. The minimum atomic E-state index is -0.457. The van der Waals surface area contributed by atoms with E-state index in [-0.39, 0.29) is 11.5 Å². The summed E-state index contributed by atoms with van der Waals surface area (Å²) in [6.45, 7) is 2.42. The number of ether oxygens (including phenoxy) is 2. The molecule has 1 N–H and O–H groups in total. The molecule has 0 amide bonds. The Morgan fingerprint density at radius 1 is 1.38 bits per heavy atom. The fourth-order valence-electron chi connectivity index (χ4n) is 4.70. The van der Waals surface area contributed by atoms with Gasteiger partial charge < -0.3 is 19.5 Å². The summed E-state index contributed by atoms with van der Waals surface area (Å²) in [5.74, 6) is 2.43. The van der Waals surface area contributed by atoms with Crippen LogP contribution in [0.5, 0.6) is 11.5 Å². The van der Waals surface area contributed by atoms with Crippen molar-refractivity contribution in [3.05, 3.63) is 35.4 Å². The third kappa shape index (κ3) is 2.21. The SMILES string of the molecule is COc1ccc2c3c1O[C@H]1CC(O)C=C[C@@]31CCN(C1=NCCC=N1)C2. The molecule has 3 aliphatic heterocycles. The number of guanidine groups is 1. The molecule has 0 fully saturated rings. The first kappa shape index (κ1) is 15.9. The number of methoxy groups -OCH3 is 1. The van der Waals surface area contributed by atoms with Crippen LogP contribution >= 0.6 is 0 Å². The minimum Gasteiger partial charge on any atom is -0.493 e. The molecule has 6 heteroatoms. The van der Waals surface area contributed by atoms with Gasteiger partial charge in [0.05, 0.1) is 18.6 Å². The second kappa shape index (κ2) is 5.84. The maximum absolute atomic E-state index is 10.1. The third-order valence-corrected chi connectivity index (χ3v) is 5.96. The summed E-state index contributed by atoms with van der Waals surface area (Å²) in [5.41, 5.74) is 2.23. The van der Waals surface area contributed by atoms with Gasteiger partial charge in [-0.25, -0.2) is 4.99 Å². The number of nitrogens with zero attached hydrogens (tertiary/aromatic N) is 3. The van der Waals surface area contributed by atoms with Crippen LogP contribution in [0.15, 0.2) is 34.3 Å². The van der Waals surface area contributed by atoms with Crippen LogP contribution in [0.4, 0.5) is 0 Å². The van der Waals surface area contributed by atoms with Crippen LogP contribution in [0, 0.1) is 0 Å². The zero-order valence-electron chi connectivity index (χ0n) is 14.9. The Kier molecular flexibility index (Phi) is 3.57. The molecule has 1 aromatic carbocycles. The van der Waals surface area contributed by atoms with Crippen molar-refractivity contribution >= 4 is 12.2 Å². The Morgan fingerprint density at radius 3 is 3.12 bits per heavy atom. The molecule has 1 aromatic rings. The van der Waals surface area contributed by atoms with Crippen molar-refractivity contribution in [2.45, 2.75) is 43.4 Å². The van der Waals surface area contributed by atoms with Crippen LogP contribution in [0.2, 0.25) is 0 Å². The highest BCUT2D eigenvalue weighted by atomic mass is 16.5. The molecule has 1 unspecified atom stereocenters. The third-order valence-electron chi connectivity index (χ3n) is 5.96. The highest BCUT2D eigenvalue weighted by molar-refractivity contribution is 5.89. The lowest BCUT2D eigenvalue weighted by molar-refractivity contribution is 0.0833. The van der Waals surface area contributed by atoms with Gasteiger partial charge in [0.2, 0.25) is 5.96 Å². The van der Waals surface area contributed by atoms with Gasteiger partial charge in [0.1, 0.15) is 6.10 Å². The van der Waals surface area contributed by atoms with Gasteiger partial charge in [-0.1, -0.05) is 18.2 Å². The van der Waals surface area contributed by atoms with E-state index in [1.165, 1.54) is 11.1 Å². The number of aliphatic hydroxyl groups excluding tert-OH is 1. The van der Waals surface area contributed by atoms with Gasteiger partial charge in [-0.3, -0.25) is 4.99 Å². The summed E-state index contributed by atoms with van der Waals surface area (Å²) in [7, 11) is 1.68. The van der Waals surface area contributed by atoms with Gasteiger partial charge in [-0.05, 0) is 18.1 Å². The first-order valence-corrected chi connectivity index (χ1v) is 9.27. The van der Waals surface area contributed by atoms with Crippen molar-refractivity contribution in [2.24, 2.45) is 9.98 Å². The highest BCUT2D eigenvalue weighted by Crippen LogP contribution is 2.55. The van der Waals surface area contributed by atoms with E-state index in [0.29, 0.717) is 6.42 Å². The standard InChI is InChI=1S/C20H23N3O3/c1-25-15-4-3-13-12-23(19-21-8-2-9-22-19)10-7-20-6-5-14(24)11-16(20)26-18(15)17(13)20/h3-6,8,14,16,24H,2,7,9-12H2,1H3/t14?,16-,20-/m0/s1. The lowest BCUT2D eigenvalue weighted by Gasteiger charge is -2.36. The van der Waals surface area contributed by atoms with Gasteiger partial charge >= 0.3 is 0 Å². The normalized spacial score (nSPS) is 31.6. The molecule has 3 atom stereocenters. The van der Waals surface area contributed by atoms with Gasteiger partial charge in [0.15, 0.2) is 11.5 Å². The molecule has 4 aliphatic rings. The minimum absolute atomic E-state index is 0.0655. The number of hydrogen-bond donors (Lipinski definition) is 1. The lowest BCUT2D eigenvalue weighted by Crippen LogP contribution is -2.43. The summed E-state index contributed by atoms with van der Waals surface area (Å²) in [4.78, 5) is 11.4. The average Bonchev–Trinajstić information content (AvgIpc) is 2.90. The molecule has 0 aromatic heterocycles. The number of rotatable bonds is 1. The molecule has 0 saturated heterocycles. The summed E-state index contributed by atoms with van der Waals surface area (Å²) in [5, 5.41) is 10.1. The molecule has 3 heterocycles. The molecule has 1 aliphatic carbocycles. The zero-order chi connectivity index (χ0) is 17.7. The van der Waals surface area contributed by atoms with Crippen LogP contribution in [0.1, 0.15) is 30.4 Å². The number of benzene rings is 1. The highest BCUT2D eigenvalue weighted by Gasteiger charge is 2.53. The monoisotopic (exact) mass is 353 g/mol. The summed E-state index contributed by atoms with van der Waals surface area (Å²) >= 11 is 0. The predicted molar refractivity (Wildman–Crippen MR) is 99.3 cm³/mol. The van der Waals surface area contributed by atoms with Gasteiger partial charge in [0, 0.05) is 44.3 Å². The van der Waals surface area contributed by atoms with Crippen molar-refractivity contribution in [3.63, 3.8) is 0 Å². The summed E-state index contributed by atoms with van der Waals surface area (Å²) in [6.07, 6.45) is 7.94. The van der Waals surface area contributed by atoms with Crippen LogP contribution in [0.25, 0.3) is 0 Å². The second-order valence-electron chi connectivity index (χ2n) is 7.39. The average molecular weight is 353 g/mol. The molecule has 0 saturated carbocycles. The molecular formula is C20H23N3O3.